The number of nitrogens with one attached hydrogen (secondary N) is 1. The Bertz CT molecular complexity index is 1750. The molecule has 0 aliphatic carbocycles. The Balaban J connectivity index is 1.56. The second kappa shape index (κ2) is 8.85. The molecule has 3 heterocycles. The number of benzene rings is 4. The van der Waals surface area contributed by atoms with Crippen LogP contribution in [0, 0.1) is 18.7 Å². The highest BCUT2D eigenvalue weighted by molar-refractivity contribution is 6.18. The Morgan fingerprint density at radius 3 is 2.40 bits per heavy atom. The van der Waals surface area contributed by atoms with E-state index in [-0.39, 0.29) is 17.3 Å². The summed E-state index contributed by atoms with van der Waals surface area (Å²) in [5.74, 6) is -3.13. The van der Waals surface area contributed by atoms with Gasteiger partial charge in [0.05, 0.1) is 17.5 Å². The van der Waals surface area contributed by atoms with Crippen LogP contribution >= 0.6 is 0 Å². The van der Waals surface area contributed by atoms with Crippen molar-refractivity contribution in [2.45, 2.75) is 24.4 Å². The number of ketones is 2. The molecule has 4 unspecified atom stereocenters. The zero-order valence-electron chi connectivity index (χ0n) is 21.7. The number of fused-ring (bicyclic) bond motifs is 6. The number of anilines is 2. The average Bonchev–Trinajstić information content (AvgIpc) is 3.45. The van der Waals surface area contributed by atoms with Crippen molar-refractivity contribution in [2.75, 3.05) is 10.2 Å². The van der Waals surface area contributed by atoms with E-state index >= 15 is 4.39 Å². The number of hydrogen-bond donors (Lipinski definition) is 1. The van der Waals surface area contributed by atoms with E-state index in [2.05, 4.69) is 5.32 Å². The lowest BCUT2D eigenvalue weighted by Crippen LogP contribution is -2.51. The summed E-state index contributed by atoms with van der Waals surface area (Å²) in [5.41, 5.74) is 2.74. The second-order valence-electron chi connectivity index (χ2n) is 10.6. The minimum absolute atomic E-state index is 0.136. The largest absolute Gasteiger partial charge is 0.352 e. The monoisotopic (exact) mass is 528 g/mol. The molecule has 1 fully saturated rings. The number of rotatable bonds is 4. The van der Waals surface area contributed by atoms with E-state index < -0.39 is 35.0 Å². The zero-order valence-corrected chi connectivity index (χ0v) is 21.7. The summed E-state index contributed by atoms with van der Waals surface area (Å²) < 4.78 is 15.2. The highest BCUT2D eigenvalue weighted by Crippen LogP contribution is 2.58. The van der Waals surface area contributed by atoms with Gasteiger partial charge in [-0.2, -0.15) is 0 Å². The fourth-order valence-corrected chi connectivity index (χ4v) is 6.90. The quantitative estimate of drug-likeness (QED) is 0.331. The minimum Gasteiger partial charge on any atom is -0.352 e. The van der Waals surface area contributed by atoms with Crippen molar-refractivity contribution in [2.24, 2.45) is 5.92 Å². The van der Waals surface area contributed by atoms with Crippen LogP contribution in [0.3, 0.4) is 0 Å². The van der Waals surface area contributed by atoms with Gasteiger partial charge in [0.1, 0.15) is 17.3 Å². The van der Waals surface area contributed by atoms with Crippen LogP contribution in [-0.4, -0.2) is 29.6 Å². The van der Waals surface area contributed by atoms with Gasteiger partial charge in [-0.05, 0) is 48.4 Å². The van der Waals surface area contributed by atoms with Gasteiger partial charge < -0.3 is 10.2 Å². The van der Waals surface area contributed by atoms with E-state index in [1.54, 1.807) is 36.4 Å². The van der Waals surface area contributed by atoms with E-state index in [4.69, 9.17) is 0 Å². The van der Waals surface area contributed by atoms with Crippen LogP contribution in [0.5, 0.6) is 0 Å². The van der Waals surface area contributed by atoms with Gasteiger partial charge in [-0.3, -0.25) is 14.4 Å². The molecule has 3 aliphatic heterocycles. The van der Waals surface area contributed by atoms with Gasteiger partial charge in [-0.1, -0.05) is 84.4 Å². The lowest BCUT2D eigenvalue weighted by molar-refractivity contribution is -0.121. The summed E-state index contributed by atoms with van der Waals surface area (Å²) >= 11 is 0. The predicted molar refractivity (Wildman–Crippen MR) is 152 cm³/mol. The van der Waals surface area contributed by atoms with Crippen molar-refractivity contribution < 1.29 is 18.8 Å². The molecule has 0 saturated carbocycles. The van der Waals surface area contributed by atoms with Crippen LogP contribution in [0.4, 0.5) is 15.8 Å². The number of para-hydroxylation sites is 1. The molecule has 3 aliphatic rings. The maximum absolute atomic E-state index is 15.2. The molecule has 1 saturated heterocycles. The van der Waals surface area contributed by atoms with Gasteiger partial charge in [-0.25, -0.2) is 4.39 Å². The fourth-order valence-electron chi connectivity index (χ4n) is 6.90. The minimum atomic E-state index is -1.47. The zero-order chi connectivity index (χ0) is 27.6. The first-order valence-corrected chi connectivity index (χ1v) is 13.3. The Kier molecular flexibility index (Phi) is 5.36. The smallest absolute Gasteiger partial charge is 0.238 e. The van der Waals surface area contributed by atoms with E-state index in [9.17, 15) is 14.4 Å². The molecule has 7 rings (SSSR count). The first kappa shape index (κ1) is 24.2. The molecule has 5 nitrogen and oxygen atoms in total. The molecule has 0 radical (unpaired) electrons. The van der Waals surface area contributed by atoms with Crippen molar-refractivity contribution in [3.05, 3.63) is 137 Å². The molecule has 1 spiro atoms. The molecule has 6 heteroatoms. The molecular weight excluding hydrogens is 503 g/mol. The van der Waals surface area contributed by atoms with E-state index in [0.29, 0.717) is 16.8 Å². The molecule has 4 aromatic rings. The number of hydrogen-bond acceptors (Lipinski definition) is 4. The van der Waals surface area contributed by atoms with Crippen molar-refractivity contribution in [3.8, 4) is 0 Å². The molecule has 196 valence electrons. The molecule has 0 aromatic heterocycles. The third kappa shape index (κ3) is 3.22. The van der Waals surface area contributed by atoms with E-state index in [1.807, 2.05) is 66.4 Å². The number of carbonyl (C=O) groups excluding carboxylic acids is 3. The molecule has 1 amide bonds. The van der Waals surface area contributed by atoms with Crippen molar-refractivity contribution >= 4 is 34.9 Å². The molecule has 1 N–H and O–H groups in total. The number of carbonyl (C=O) groups is 3. The summed E-state index contributed by atoms with van der Waals surface area (Å²) in [6.45, 7) is 1.99. The summed E-state index contributed by atoms with van der Waals surface area (Å²) in [7, 11) is 0. The lowest BCUT2D eigenvalue weighted by Gasteiger charge is -2.37. The third-order valence-corrected chi connectivity index (χ3v) is 8.54. The molecule has 4 atom stereocenters. The predicted octanol–water partition coefficient (Wildman–Crippen LogP) is 5.99. The maximum atomic E-state index is 15.2. The van der Waals surface area contributed by atoms with Gasteiger partial charge in [-0.15, -0.1) is 0 Å². The third-order valence-electron chi connectivity index (χ3n) is 8.54. The number of nitrogens with zero attached hydrogens (tertiary/aromatic N) is 1. The Hall–Kier alpha value is -4.84. The van der Waals surface area contributed by atoms with Crippen LogP contribution < -0.4 is 10.2 Å². The topological polar surface area (TPSA) is 66.5 Å². The molecule has 40 heavy (non-hydrogen) atoms. The lowest BCUT2D eigenvalue weighted by atomic mass is 9.64. The van der Waals surface area contributed by atoms with Crippen molar-refractivity contribution in [1.82, 2.24) is 0 Å². The van der Waals surface area contributed by atoms with Crippen LogP contribution in [0.15, 0.2) is 103 Å². The van der Waals surface area contributed by atoms with Gasteiger partial charge in [0.2, 0.25) is 5.91 Å². The van der Waals surface area contributed by atoms with Gasteiger partial charge in [0.15, 0.2) is 11.6 Å². The summed E-state index contributed by atoms with van der Waals surface area (Å²) in [6.07, 6.45) is 3.88. The highest BCUT2D eigenvalue weighted by Gasteiger charge is 2.70. The van der Waals surface area contributed by atoms with Gasteiger partial charge in [0, 0.05) is 16.9 Å². The van der Waals surface area contributed by atoms with E-state index in [0.717, 1.165) is 16.8 Å². The molecule has 4 aromatic carbocycles. The Labute approximate surface area is 231 Å². The van der Waals surface area contributed by atoms with E-state index in [1.165, 1.54) is 18.2 Å². The van der Waals surface area contributed by atoms with Crippen molar-refractivity contribution in [3.63, 3.8) is 0 Å². The van der Waals surface area contributed by atoms with Crippen molar-refractivity contribution in [1.29, 1.82) is 0 Å². The maximum Gasteiger partial charge on any atom is 0.238 e. The van der Waals surface area contributed by atoms with Crippen LogP contribution in [-0.2, 0) is 10.2 Å². The fraction of sp³-hybridized carbons (Fsp3) is 0.147. The molecular formula is C34H25FN2O3. The van der Waals surface area contributed by atoms with Gasteiger partial charge >= 0.3 is 0 Å². The average molecular weight is 529 g/mol. The number of amides is 1. The standard InChI is InChI=1S/C34H25FN2O3/c1-20-15-17-27-22(19-20)16-18-28-34(24-12-6-8-14-26(24)36-33(34)40)29(32(39)23-11-5-7-13-25(23)35)30(37(27)28)31(38)21-9-3-2-4-10-21/h2-19,28-30H,1H3,(H,36,40). The normalized spacial score (nSPS) is 23.9. The Morgan fingerprint density at radius 1 is 0.875 bits per heavy atom. The number of aryl methyl sites for hydroxylation is 1. The van der Waals surface area contributed by atoms with Crippen LogP contribution in [0.1, 0.15) is 37.4 Å². The first-order chi connectivity index (χ1) is 19.4. The summed E-state index contributed by atoms with van der Waals surface area (Å²) in [4.78, 5) is 45.4. The SMILES string of the molecule is Cc1ccc2c(c1)C=CC1N2C(C(=O)c2ccccc2)C(C(=O)c2ccccc2F)C12C(=O)Nc1ccccc12. The summed E-state index contributed by atoms with van der Waals surface area (Å²) in [6, 6.07) is 26.0. The summed E-state index contributed by atoms with van der Waals surface area (Å²) in [5, 5.41) is 2.99. The first-order valence-electron chi connectivity index (χ1n) is 13.3. The molecule has 0 bridgehead atoms. The van der Waals surface area contributed by atoms with Crippen LogP contribution in [0.25, 0.3) is 6.08 Å². The second-order valence-corrected chi connectivity index (χ2v) is 10.6. The highest BCUT2D eigenvalue weighted by atomic mass is 19.1. The van der Waals surface area contributed by atoms with Gasteiger partial charge in [0.25, 0.3) is 0 Å². The number of Topliss-reactive ketones (excluding diaryl/α,β-unsaturated/α-hetero) is 2. The Morgan fingerprint density at radius 2 is 1.60 bits per heavy atom. The van der Waals surface area contributed by atoms with Crippen LogP contribution in [0.2, 0.25) is 0 Å². The number of halogens is 1.